The molecular weight excluding hydrogens is 320 g/mol. The maximum Gasteiger partial charge on any atom is 0.336 e. The molecule has 2 N–H and O–H groups in total. The summed E-state index contributed by atoms with van der Waals surface area (Å²) in [7, 11) is 0. The van der Waals surface area contributed by atoms with Crippen molar-refractivity contribution in [1.29, 1.82) is 0 Å². The van der Waals surface area contributed by atoms with E-state index in [1.165, 1.54) is 0 Å². The van der Waals surface area contributed by atoms with E-state index in [-0.39, 0.29) is 25.0 Å². The number of hydrogen-bond donors (Lipinski definition) is 2. The molecule has 1 aliphatic rings. The van der Waals surface area contributed by atoms with Crippen molar-refractivity contribution in [1.82, 2.24) is 10.6 Å². The van der Waals surface area contributed by atoms with Crippen molar-refractivity contribution in [2.24, 2.45) is 5.92 Å². The Morgan fingerprint density at radius 1 is 1.24 bits per heavy atom. The van der Waals surface area contributed by atoms with Crippen molar-refractivity contribution >= 4 is 17.8 Å². The summed E-state index contributed by atoms with van der Waals surface area (Å²) in [5, 5.41) is 5.43. The summed E-state index contributed by atoms with van der Waals surface area (Å²) in [6.45, 7) is 5.53. The molecule has 0 aromatic heterocycles. The van der Waals surface area contributed by atoms with E-state index in [1.54, 1.807) is 13.8 Å². The molecule has 0 aliphatic heterocycles. The van der Waals surface area contributed by atoms with Gasteiger partial charge in [-0.1, -0.05) is 38.1 Å². The minimum Gasteiger partial charge on any atom is -0.464 e. The van der Waals surface area contributed by atoms with Gasteiger partial charge in [0, 0.05) is 5.92 Å². The van der Waals surface area contributed by atoms with E-state index in [9.17, 15) is 14.4 Å². The number of fused-ring (bicyclic) bond motifs is 1. The third-order valence-corrected chi connectivity index (χ3v) is 4.71. The predicted molar refractivity (Wildman–Crippen MR) is 93.7 cm³/mol. The lowest BCUT2D eigenvalue weighted by atomic mass is 9.91. The van der Waals surface area contributed by atoms with E-state index < -0.39 is 17.4 Å². The van der Waals surface area contributed by atoms with Crippen LogP contribution < -0.4 is 10.6 Å². The van der Waals surface area contributed by atoms with Crippen molar-refractivity contribution in [2.75, 3.05) is 13.2 Å². The fourth-order valence-electron chi connectivity index (χ4n) is 3.07. The monoisotopic (exact) mass is 346 g/mol. The van der Waals surface area contributed by atoms with Crippen LogP contribution in [0.15, 0.2) is 24.3 Å². The van der Waals surface area contributed by atoms with Gasteiger partial charge < -0.3 is 15.4 Å². The fraction of sp³-hybridized carbons (Fsp3) is 0.526. The molecule has 0 bridgehead atoms. The number of ether oxygens (including phenoxy) is 1. The van der Waals surface area contributed by atoms with Crippen molar-refractivity contribution in [3.63, 3.8) is 0 Å². The highest BCUT2D eigenvalue weighted by atomic mass is 16.5. The standard InChI is InChI=1S/C19H26N2O4/c1-4-13(3)17(23)20-12-16(22)21-19(18(24)25-5-2)11-10-14-8-6-7-9-15(14)19/h6-9,13H,4-5,10-12H2,1-3H3,(H,20,23)(H,21,22)/t13-,19-/m0/s1. The van der Waals surface area contributed by atoms with Gasteiger partial charge in [-0.15, -0.1) is 0 Å². The van der Waals surface area contributed by atoms with Crippen LogP contribution in [-0.4, -0.2) is 30.9 Å². The van der Waals surface area contributed by atoms with Crippen LogP contribution in [0.1, 0.15) is 44.7 Å². The Bertz CT molecular complexity index is 659. The number of hydrogen-bond acceptors (Lipinski definition) is 4. The van der Waals surface area contributed by atoms with Crippen molar-refractivity contribution in [2.45, 2.75) is 45.6 Å². The van der Waals surface area contributed by atoms with Gasteiger partial charge in [0.1, 0.15) is 0 Å². The van der Waals surface area contributed by atoms with Crippen LogP contribution in [-0.2, 0) is 31.1 Å². The number of esters is 1. The molecule has 2 amide bonds. The number of nitrogens with one attached hydrogen (secondary N) is 2. The molecule has 2 atom stereocenters. The van der Waals surface area contributed by atoms with E-state index >= 15 is 0 Å². The summed E-state index contributed by atoms with van der Waals surface area (Å²) in [5.74, 6) is -1.18. The molecule has 0 unspecified atom stereocenters. The molecule has 0 spiro atoms. The molecule has 0 saturated heterocycles. The number of carbonyl (C=O) groups excluding carboxylic acids is 3. The lowest BCUT2D eigenvalue weighted by Gasteiger charge is -2.29. The first-order chi connectivity index (χ1) is 11.9. The van der Waals surface area contributed by atoms with Gasteiger partial charge in [0.2, 0.25) is 11.8 Å². The zero-order valence-corrected chi connectivity index (χ0v) is 15.1. The first-order valence-electron chi connectivity index (χ1n) is 8.79. The second kappa shape index (κ2) is 8.14. The van der Waals surface area contributed by atoms with Crippen LogP contribution >= 0.6 is 0 Å². The summed E-state index contributed by atoms with van der Waals surface area (Å²) in [6, 6.07) is 7.55. The van der Waals surface area contributed by atoms with Crippen molar-refractivity contribution < 1.29 is 19.1 Å². The molecule has 6 nitrogen and oxygen atoms in total. The Kier molecular flexibility index (Phi) is 6.17. The van der Waals surface area contributed by atoms with Gasteiger partial charge in [0.25, 0.3) is 0 Å². The highest BCUT2D eigenvalue weighted by Gasteiger charge is 2.47. The average molecular weight is 346 g/mol. The highest BCUT2D eigenvalue weighted by molar-refractivity contribution is 5.92. The quantitative estimate of drug-likeness (QED) is 0.736. The molecule has 1 aromatic rings. The van der Waals surface area contributed by atoms with Gasteiger partial charge in [0.15, 0.2) is 5.54 Å². The molecule has 6 heteroatoms. The SMILES string of the molecule is CCOC(=O)[C@]1(NC(=O)CNC(=O)[C@@H](C)CC)CCc2ccccc21. The fourth-order valence-corrected chi connectivity index (χ4v) is 3.07. The number of aryl methyl sites for hydroxylation is 1. The Balaban J connectivity index is 2.15. The summed E-state index contributed by atoms with van der Waals surface area (Å²) in [6.07, 6.45) is 1.85. The largest absolute Gasteiger partial charge is 0.464 e. The first-order valence-corrected chi connectivity index (χ1v) is 8.79. The molecule has 0 heterocycles. The predicted octanol–water partition coefficient (Wildman–Crippen LogP) is 1.67. The van der Waals surface area contributed by atoms with Crippen molar-refractivity contribution in [3.05, 3.63) is 35.4 Å². The van der Waals surface area contributed by atoms with Crippen molar-refractivity contribution in [3.8, 4) is 0 Å². The Morgan fingerprint density at radius 2 is 1.96 bits per heavy atom. The lowest BCUT2D eigenvalue weighted by Crippen LogP contribution is -2.53. The number of amides is 2. The second-order valence-electron chi connectivity index (χ2n) is 6.36. The molecule has 1 aliphatic carbocycles. The summed E-state index contributed by atoms with van der Waals surface area (Å²) >= 11 is 0. The third kappa shape index (κ3) is 4.00. The number of carbonyl (C=O) groups is 3. The topological polar surface area (TPSA) is 84.5 Å². The van der Waals surface area contributed by atoms with E-state index in [0.717, 1.165) is 11.1 Å². The Labute approximate surface area is 148 Å². The number of benzene rings is 1. The average Bonchev–Trinajstić information content (AvgIpc) is 2.99. The molecule has 1 aromatic carbocycles. The molecule has 2 rings (SSSR count). The van der Waals surface area contributed by atoms with Gasteiger partial charge in [-0.2, -0.15) is 0 Å². The molecule has 136 valence electrons. The van der Waals surface area contributed by atoms with Crippen LogP contribution in [0, 0.1) is 5.92 Å². The normalized spacial score (nSPS) is 19.6. The van der Waals surface area contributed by atoms with Crippen LogP contribution in [0.5, 0.6) is 0 Å². The second-order valence-corrected chi connectivity index (χ2v) is 6.36. The Hall–Kier alpha value is -2.37. The number of rotatable bonds is 7. The lowest BCUT2D eigenvalue weighted by molar-refractivity contribution is -0.153. The smallest absolute Gasteiger partial charge is 0.336 e. The minimum atomic E-state index is -1.18. The van der Waals surface area contributed by atoms with Crippen LogP contribution in [0.3, 0.4) is 0 Å². The van der Waals surface area contributed by atoms with E-state index in [1.807, 2.05) is 31.2 Å². The highest BCUT2D eigenvalue weighted by Crippen LogP contribution is 2.37. The third-order valence-electron chi connectivity index (χ3n) is 4.71. The minimum absolute atomic E-state index is 0.154. The summed E-state index contributed by atoms with van der Waals surface area (Å²) in [5.41, 5.74) is 0.625. The van der Waals surface area contributed by atoms with Crippen LogP contribution in [0.4, 0.5) is 0 Å². The van der Waals surface area contributed by atoms with Crippen LogP contribution in [0.25, 0.3) is 0 Å². The molecular formula is C19H26N2O4. The maximum atomic E-state index is 12.6. The zero-order valence-electron chi connectivity index (χ0n) is 15.1. The van der Waals surface area contributed by atoms with Gasteiger partial charge in [-0.25, -0.2) is 4.79 Å². The van der Waals surface area contributed by atoms with Gasteiger partial charge in [0.05, 0.1) is 13.2 Å². The molecule has 0 saturated carbocycles. The molecule has 25 heavy (non-hydrogen) atoms. The molecule has 0 radical (unpaired) electrons. The first kappa shape index (κ1) is 19.0. The van der Waals surface area contributed by atoms with E-state index in [0.29, 0.717) is 19.3 Å². The Morgan fingerprint density at radius 3 is 2.64 bits per heavy atom. The molecule has 0 fully saturated rings. The zero-order chi connectivity index (χ0) is 18.4. The van der Waals surface area contributed by atoms with Gasteiger partial charge in [-0.3, -0.25) is 9.59 Å². The van der Waals surface area contributed by atoms with E-state index in [2.05, 4.69) is 10.6 Å². The maximum absolute atomic E-state index is 12.6. The van der Waals surface area contributed by atoms with Crippen LogP contribution in [0.2, 0.25) is 0 Å². The van der Waals surface area contributed by atoms with Gasteiger partial charge >= 0.3 is 5.97 Å². The van der Waals surface area contributed by atoms with E-state index in [4.69, 9.17) is 4.74 Å². The summed E-state index contributed by atoms with van der Waals surface area (Å²) < 4.78 is 5.23. The summed E-state index contributed by atoms with van der Waals surface area (Å²) in [4.78, 5) is 36.9. The van der Waals surface area contributed by atoms with Gasteiger partial charge in [-0.05, 0) is 37.3 Å².